The van der Waals surface area contributed by atoms with Crippen molar-refractivity contribution in [2.24, 2.45) is 12.0 Å². The molecule has 2 amide bonds. The molecule has 3 N–H and O–H groups in total. The van der Waals surface area contributed by atoms with Gasteiger partial charge in [0, 0.05) is 24.4 Å². The van der Waals surface area contributed by atoms with Crippen LogP contribution in [0.3, 0.4) is 0 Å². The van der Waals surface area contributed by atoms with Crippen LogP contribution in [0.15, 0.2) is 16.6 Å². The van der Waals surface area contributed by atoms with Crippen LogP contribution in [0.5, 0.6) is 0 Å². The molecule has 0 fully saturated rings. The first-order valence-corrected chi connectivity index (χ1v) is 15.9. The minimum Gasteiger partial charge on any atom is -0.444 e. The van der Waals surface area contributed by atoms with Gasteiger partial charge in [0.05, 0.1) is 24.5 Å². The maximum atomic E-state index is 12.1. The zero-order valence-corrected chi connectivity index (χ0v) is 25.4. The van der Waals surface area contributed by atoms with E-state index >= 15 is 0 Å². The van der Waals surface area contributed by atoms with Crippen molar-refractivity contribution in [3.63, 3.8) is 0 Å². The molecular weight excluding hydrogens is 510 g/mol. The Bertz CT molecular complexity index is 1100. The van der Waals surface area contributed by atoms with Gasteiger partial charge in [-0.1, -0.05) is 20.8 Å². The number of hydrogen-bond donors (Lipinski definition) is 3. The molecule has 2 rings (SSSR count). The molecule has 37 heavy (non-hydrogen) atoms. The Labute approximate surface area is 224 Å². The number of ether oxygens (including phenoxy) is 1. The van der Waals surface area contributed by atoms with Crippen molar-refractivity contribution in [3.8, 4) is 0 Å². The van der Waals surface area contributed by atoms with Gasteiger partial charge in [0.1, 0.15) is 22.3 Å². The SMILES string of the molecule is CC(NC=O)c1cnn(C)c1CC(=NCc1nc(NC(=O)OC(C)(C)C)cs1)NO[Si](C)(C)C(C)(C)C. The minimum absolute atomic E-state index is 0.00271. The van der Waals surface area contributed by atoms with Crippen LogP contribution in [-0.2, 0) is 34.1 Å². The number of carbonyl (C=O) groups excluding carboxylic acids is 2. The largest absolute Gasteiger partial charge is 0.444 e. The first-order valence-electron chi connectivity index (χ1n) is 12.1. The van der Waals surface area contributed by atoms with E-state index in [0.717, 1.165) is 16.3 Å². The average Bonchev–Trinajstić information content (AvgIpc) is 3.34. The topological polar surface area (TPSA) is 132 Å². The summed E-state index contributed by atoms with van der Waals surface area (Å²) in [6.07, 6.45) is 2.29. The molecule has 0 aliphatic carbocycles. The number of aryl methyl sites for hydroxylation is 1. The van der Waals surface area contributed by atoms with Crippen molar-refractivity contribution in [2.45, 2.75) is 91.2 Å². The zero-order valence-electron chi connectivity index (χ0n) is 23.6. The number of aliphatic imine (C=N–C) groups is 1. The molecule has 11 nitrogen and oxygen atoms in total. The summed E-state index contributed by atoms with van der Waals surface area (Å²) in [6, 6.07) is -0.204. The number of thiazole rings is 1. The van der Waals surface area contributed by atoms with Crippen LogP contribution in [0.25, 0.3) is 0 Å². The average molecular weight is 552 g/mol. The van der Waals surface area contributed by atoms with E-state index in [9.17, 15) is 9.59 Å². The Morgan fingerprint density at radius 3 is 2.54 bits per heavy atom. The molecule has 2 aromatic heterocycles. The molecule has 0 spiro atoms. The second-order valence-electron chi connectivity index (χ2n) is 11.3. The Morgan fingerprint density at radius 2 is 1.95 bits per heavy atom. The third-order valence-corrected chi connectivity index (χ3v) is 11.1. The lowest BCUT2D eigenvalue weighted by Gasteiger charge is -2.35. The van der Waals surface area contributed by atoms with Crippen LogP contribution >= 0.6 is 11.3 Å². The van der Waals surface area contributed by atoms with E-state index in [2.05, 4.69) is 60.1 Å². The molecular formula is C24H41N7O4SSi. The summed E-state index contributed by atoms with van der Waals surface area (Å²) in [7, 11) is -0.265. The van der Waals surface area contributed by atoms with Crippen molar-refractivity contribution >= 4 is 43.8 Å². The van der Waals surface area contributed by atoms with E-state index in [1.807, 2.05) is 14.0 Å². The van der Waals surface area contributed by atoms with Crippen LogP contribution in [0.1, 0.15) is 70.8 Å². The van der Waals surface area contributed by atoms with Gasteiger partial charge in [-0.2, -0.15) is 5.10 Å². The number of hydroxylamine groups is 1. The lowest BCUT2D eigenvalue weighted by atomic mass is 10.1. The van der Waals surface area contributed by atoms with Crippen molar-refractivity contribution in [1.29, 1.82) is 0 Å². The number of hydrogen-bond acceptors (Lipinski definition) is 8. The second kappa shape index (κ2) is 12.2. The van der Waals surface area contributed by atoms with E-state index in [0.29, 0.717) is 31.0 Å². The van der Waals surface area contributed by atoms with E-state index in [-0.39, 0.29) is 11.1 Å². The Morgan fingerprint density at radius 1 is 1.27 bits per heavy atom. The van der Waals surface area contributed by atoms with Crippen molar-refractivity contribution in [3.05, 3.63) is 27.8 Å². The van der Waals surface area contributed by atoms with Gasteiger partial charge < -0.3 is 14.6 Å². The van der Waals surface area contributed by atoms with E-state index in [1.54, 1.807) is 37.0 Å². The molecule has 0 radical (unpaired) electrons. The van der Waals surface area contributed by atoms with E-state index < -0.39 is 20.0 Å². The van der Waals surface area contributed by atoms with Gasteiger partial charge in [-0.05, 0) is 45.8 Å². The number of anilines is 1. The molecule has 0 aromatic carbocycles. The quantitative estimate of drug-likeness (QED) is 0.128. The van der Waals surface area contributed by atoms with Gasteiger partial charge >= 0.3 is 6.09 Å². The molecule has 0 saturated carbocycles. The van der Waals surface area contributed by atoms with Crippen LogP contribution in [0.4, 0.5) is 10.6 Å². The first-order chi connectivity index (χ1) is 17.0. The highest BCUT2D eigenvalue weighted by atomic mass is 32.1. The lowest BCUT2D eigenvalue weighted by molar-refractivity contribution is -0.110. The highest BCUT2D eigenvalue weighted by Gasteiger charge is 2.38. The lowest BCUT2D eigenvalue weighted by Crippen LogP contribution is -2.47. The molecule has 0 bridgehead atoms. The van der Waals surface area contributed by atoms with Crippen LogP contribution in [-0.4, -0.2) is 47.0 Å². The smallest absolute Gasteiger partial charge is 0.413 e. The standard InChI is InChI=1S/C24H41N7O4SSi/c1-16(26-15-32)17-12-27-31(8)18(17)11-19(30-35-37(9,10)24(5,6)7)25-13-21-28-20(14-36-21)29-22(33)34-23(2,3)4/h12,14-16H,11,13H2,1-10H3,(H,25,30)(H,26,32)(H,29,33). The fourth-order valence-electron chi connectivity index (χ4n) is 2.88. The van der Waals surface area contributed by atoms with Gasteiger partial charge in [0.25, 0.3) is 0 Å². The van der Waals surface area contributed by atoms with Gasteiger partial charge in [-0.3, -0.25) is 25.3 Å². The van der Waals surface area contributed by atoms with Gasteiger partial charge in [0.15, 0.2) is 0 Å². The van der Waals surface area contributed by atoms with Crippen LogP contribution in [0, 0.1) is 0 Å². The molecule has 1 atom stereocenters. The molecule has 2 aromatic rings. The summed E-state index contributed by atoms with van der Waals surface area (Å²) in [5.41, 5.74) is 4.34. The summed E-state index contributed by atoms with van der Waals surface area (Å²) in [4.78, 5) is 32.3. The predicted molar refractivity (Wildman–Crippen MR) is 149 cm³/mol. The second-order valence-corrected chi connectivity index (χ2v) is 17.0. The molecule has 2 heterocycles. The normalized spacial score (nSPS) is 13.7. The molecule has 206 valence electrons. The van der Waals surface area contributed by atoms with Crippen LogP contribution in [0.2, 0.25) is 18.1 Å². The third kappa shape index (κ3) is 9.24. The van der Waals surface area contributed by atoms with Crippen LogP contribution < -0.4 is 16.1 Å². The monoisotopic (exact) mass is 551 g/mol. The fourth-order valence-corrected chi connectivity index (χ4v) is 4.21. The number of nitrogens with zero attached hydrogens (tertiary/aromatic N) is 4. The number of amidine groups is 1. The fraction of sp³-hybridized carbons (Fsp3) is 0.625. The number of aromatic nitrogens is 3. The van der Waals surface area contributed by atoms with Gasteiger partial charge in [-0.25, -0.2) is 9.78 Å². The molecule has 0 saturated heterocycles. The number of rotatable bonds is 10. The summed E-state index contributed by atoms with van der Waals surface area (Å²) < 4.78 is 13.3. The summed E-state index contributed by atoms with van der Waals surface area (Å²) >= 11 is 1.39. The third-order valence-electron chi connectivity index (χ3n) is 6.03. The minimum atomic E-state index is -2.12. The number of amides is 2. The predicted octanol–water partition coefficient (Wildman–Crippen LogP) is 4.70. The van der Waals surface area contributed by atoms with E-state index in [4.69, 9.17) is 14.3 Å². The molecule has 0 aliphatic rings. The maximum absolute atomic E-state index is 12.1. The first kappa shape index (κ1) is 30.5. The summed E-state index contributed by atoms with van der Waals surface area (Å²) in [5.74, 6) is 1.03. The zero-order chi connectivity index (χ0) is 28.0. The number of nitrogens with one attached hydrogen (secondary N) is 3. The summed E-state index contributed by atoms with van der Waals surface area (Å²) in [6.45, 7) is 18.4. The Balaban J connectivity index is 2.25. The molecule has 0 aliphatic heterocycles. The summed E-state index contributed by atoms with van der Waals surface area (Å²) in [5, 5.41) is 12.3. The maximum Gasteiger partial charge on any atom is 0.413 e. The Hall–Kier alpha value is -2.77. The van der Waals surface area contributed by atoms with Crippen molar-refractivity contribution < 1.29 is 18.9 Å². The van der Waals surface area contributed by atoms with Gasteiger partial charge in [-0.15, -0.1) is 11.3 Å². The Kier molecular flexibility index (Phi) is 10.0. The number of carbonyl (C=O) groups is 2. The highest BCUT2D eigenvalue weighted by Crippen LogP contribution is 2.36. The van der Waals surface area contributed by atoms with Crippen molar-refractivity contribution in [1.82, 2.24) is 25.6 Å². The molecule has 1 unspecified atom stereocenters. The van der Waals surface area contributed by atoms with E-state index in [1.165, 1.54) is 11.3 Å². The van der Waals surface area contributed by atoms with Gasteiger partial charge in [0.2, 0.25) is 14.7 Å². The van der Waals surface area contributed by atoms with Crippen molar-refractivity contribution in [2.75, 3.05) is 5.32 Å². The highest BCUT2D eigenvalue weighted by molar-refractivity contribution is 7.10. The molecule has 13 heteroatoms.